The fourth-order valence-electron chi connectivity index (χ4n) is 2.20. The number of piperidine rings is 1. The fraction of sp³-hybridized carbons (Fsp3) is 0.533. The third-order valence-corrected chi connectivity index (χ3v) is 3.40. The van der Waals surface area contributed by atoms with Crippen molar-refractivity contribution in [3.05, 3.63) is 30.1 Å². The number of aliphatic imine (C=N–C) groups is 1. The van der Waals surface area contributed by atoms with Crippen molar-refractivity contribution in [2.75, 3.05) is 26.2 Å². The maximum absolute atomic E-state index is 12.7. The molecule has 124 valence electrons. The molecule has 1 aliphatic heterocycles. The quantitative estimate of drug-likeness (QED) is 0.432. The van der Waals surface area contributed by atoms with E-state index >= 15 is 0 Å². The summed E-state index contributed by atoms with van der Waals surface area (Å²) in [6.45, 7) is 2.15. The monoisotopic (exact) mass is 423 g/mol. The first-order chi connectivity index (χ1) is 10.1. The highest BCUT2D eigenvalue weighted by Gasteiger charge is 2.12. The summed E-state index contributed by atoms with van der Waals surface area (Å²) in [6, 6.07) is 5.67. The van der Waals surface area contributed by atoms with Gasteiger partial charge in [-0.25, -0.2) is 4.39 Å². The Morgan fingerprint density at radius 2 is 1.91 bits per heavy atom. The van der Waals surface area contributed by atoms with Crippen molar-refractivity contribution in [1.82, 2.24) is 4.90 Å². The number of benzene rings is 1. The van der Waals surface area contributed by atoms with Crippen LogP contribution in [0.15, 0.2) is 29.3 Å². The molecule has 1 heterocycles. The summed E-state index contributed by atoms with van der Waals surface area (Å²) in [5, 5.41) is 9.83. The fourth-order valence-corrected chi connectivity index (χ4v) is 2.20. The second-order valence-electron chi connectivity index (χ2n) is 5.17. The minimum atomic E-state index is -0.738. The number of guanidine groups is 1. The van der Waals surface area contributed by atoms with Gasteiger partial charge in [0, 0.05) is 13.1 Å². The van der Waals surface area contributed by atoms with Crippen LogP contribution in [0.3, 0.4) is 0 Å². The first kappa shape index (κ1) is 19.0. The van der Waals surface area contributed by atoms with Crippen LogP contribution in [0.2, 0.25) is 0 Å². The highest BCUT2D eigenvalue weighted by Crippen LogP contribution is 2.11. The number of ether oxygens (including phenoxy) is 1. The van der Waals surface area contributed by atoms with Crippen LogP contribution in [0, 0.1) is 5.82 Å². The molecule has 0 radical (unpaired) electrons. The third-order valence-electron chi connectivity index (χ3n) is 3.40. The van der Waals surface area contributed by atoms with E-state index < -0.39 is 6.10 Å². The van der Waals surface area contributed by atoms with Crippen LogP contribution < -0.4 is 10.5 Å². The van der Waals surface area contributed by atoms with Crippen molar-refractivity contribution in [3.8, 4) is 5.75 Å². The van der Waals surface area contributed by atoms with Crippen molar-refractivity contribution in [2.45, 2.75) is 25.4 Å². The van der Waals surface area contributed by atoms with Crippen LogP contribution in [0.25, 0.3) is 0 Å². The molecule has 0 amide bonds. The summed E-state index contributed by atoms with van der Waals surface area (Å²) in [6.07, 6.45) is 2.76. The molecule has 1 aromatic rings. The molecule has 22 heavy (non-hydrogen) atoms. The molecule has 1 atom stereocenters. The van der Waals surface area contributed by atoms with Gasteiger partial charge in [-0.05, 0) is 43.5 Å². The molecule has 0 bridgehead atoms. The summed E-state index contributed by atoms with van der Waals surface area (Å²) < 4.78 is 18.1. The summed E-state index contributed by atoms with van der Waals surface area (Å²) >= 11 is 0. The smallest absolute Gasteiger partial charge is 0.191 e. The van der Waals surface area contributed by atoms with Gasteiger partial charge in [0.2, 0.25) is 0 Å². The lowest BCUT2D eigenvalue weighted by molar-refractivity contribution is 0.114. The molecule has 1 saturated heterocycles. The average molecular weight is 423 g/mol. The van der Waals surface area contributed by atoms with E-state index in [0.717, 1.165) is 25.9 Å². The Balaban J connectivity index is 0.00000242. The maximum Gasteiger partial charge on any atom is 0.191 e. The molecule has 2 rings (SSSR count). The van der Waals surface area contributed by atoms with Gasteiger partial charge in [0.05, 0.1) is 6.54 Å². The van der Waals surface area contributed by atoms with E-state index in [2.05, 4.69) is 4.99 Å². The van der Waals surface area contributed by atoms with Crippen LogP contribution in [0.5, 0.6) is 5.75 Å². The van der Waals surface area contributed by atoms with Crippen LogP contribution in [-0.4, -0.2) is 48.3 Å². The first-order valence-corrected chi connectivity index (χ1v) is 7.26. The van der Waals surface area contributed by atoms with Crippen molar-refractivity contribution in [2.24, 2.45) is 10.7 Å². The highest BCUT2D eigenvalue weighted by molar-refractivity contribution is 14.0. The predicted octanol–water partition coefficient (Wildman–Crippen LogP) is 1.98. The van der Waals surface area contributed by atoms with Crippen LogP contribution in [0.4, 0.5) is 4.39 Å². The van der Waals surface area contributed by atoms with Crippen LogP contribution in [-0.2, 0) is 0 Å². The van der Waals surface area contributed by atoms with Gasteiger partial charge in [-0.15, -0.1) is 24.0 Å². The van der Waals surface area contributed by atoms with E-state index in [9.17, 15) is 9.50 Å². The number of aliphatic hydroxyl groups excluding tert-OH is 1. The zero-order chi connectivity index (χ0) is 15.1. The first-order valence-electron chi connectivity index (χ1n) is 7.26. The molecule has 7 heteroatoms. The predicted molar refractivity (Wildman–Crippen MR) is 95.2 cm³/mol. The molecular formula is C15H23FIN3O2. The van der Waals surface area contributed by atoms with Crippen molar-refractivity contribution < 1.29 is 14.2 Å². The Morgan fingerprint density at radius 3 is 2.55 bits per heavy atom. The molecule has 1 unspecified atom stereocenters. The molecule has 1 fully saturated rings. The molecule has 0 saturated carbocycles. The van der Waals surface area contributed by atoms with E-state index in [1.54, 1.807) is 0 Å². The third kappa shape index (κ3) is 6.35. The Morgan fingerprint density at radius 1 is 1.27 bits per heavy atom. The number of hydrogen-bond donors (Lipinski definition) is 2. The maximum atomic E-state index is 12.7. The van der Waals surface area contributed by atoms with Crippen molar-refractivity contribution in [1.29, 1.82) is 0 Å². The average Bonchev–Trinajstić information content (AvgIpc) is 2.53. The van der Waals surface area contributed by atoms with Crippen molar-refractivity contribution >= 4 is 29.9 Å². The molecular weight excluding hydrogens is 400 g/mol. The second-order valence-corrected chi connectivity index (χ2v) is 5.17. The Hall–Kier alpha value is -1.09. The molecule has 0 aromatic heterocycles. The van der Waals surface area contributed by atoms with Gasteiger partial charge in [-0.1, -0.05) is 0 Å². The molecule has 1 aliphatic rings. The lowest BCUT2D eigenvalue weighted by Gasteiger charge is -2.27. The van der Waals surface area contributed by atoms with Crippen molar-refractivity contribution in [3.63, 3.8) is 0 Å². The lowest BCUT2D eigenvalue weighted by atomic mass is 10.1. The van der Waals surface area contributed by atoms with E-state index in [1.807, 2.05) is 4.90 Å². The number of hydrogen-bond acceptors (Lipinski definition) is 3. The van der Waals surface area contributed by atoms with Crippen LogP contribution in [0.1, 0.15) is 19.3 Å². The molecule has 0 aliphatic carbocycles. The minimum absolute atomic E-state index is 0. The van der Waals surface area contributed by atoms with Gasteiger partial charge in [-0.3, -0.25) is 4.99 Å². The summed E-state index contributed by atoms with van der Waals surface area (Å²) in [7, 11) is 0. The van der Waals surface area contributed by atoms with Gasteiger partial charge in [-0.2, -0.15) is 0 Å². The Labute approximate surface area is 147 Å². The number of nitrogens with zero attached hydrogens (tertiary/aromatic N) is 2. The van der Waals surface area contributed by atoms with Gasteiger partial charge < -0.3 is 20.5 Å². The van der Waals surface area contributed by atoms with Gasteiger partial charge in [0.1, 0.15) is 24.3 Å². The number of nitrogens with two attached hydrogens (primary N) is 1. The lowest BCUT2D eigenvalue weighted by Crippen LogP contribution is -2.41. The minimum Gasteiger partial charge on any atom is -0.491 e. The van der Waals surface area contributed by atoms with E-state index in [4.69, 9.17) is 10.5 Å². The zero-order valence-corrected chi connectivity index (χ0v) is 14.8. The molecule has 3 N–H and O–H groups in total. The van der Waals surface area contributed by atoms with E-state index in [1.165, 1.54) is 30.7 Å². The van der Waals surface area contributed by atoms with E-state index in [-0.39, 0.29) is 42.9 Å². The van der Waals surface area contributed by atoms with Gasteiger partial charge >= 0.3 is 0 Å². The summed E-state index contributed by atoms with van der Waals surface area (Å²) in [5.74, 6) is 0.681. The number of likely N-dealkylation sites (tertiary alicyclic amines) is 1. The molecule has 5 nitrogen and oxygen atoms in total. The van der Waals surface area contributed by atoms with Gasteiger partial charge in [0.25, 0.3) is 0 Å². The standard InChI is InChI=1S/C15H22FN3O2.HI/c16-12-4-6-14(7-5-12)21-11-13(20)10-18-15(17)19-8-2-1-3-9-19;/h4-7,13,20H,1-3,8-11H2,(H2,17,18);1H. The normalized spacial score (nSPS) is 16.8. The topological polar surface area (TPSA) is 71.1 Å². The molecule has 1 aromatic carbocycles. The van der Waals surface area contributed by atoms with Crippen LogP contribution >= 0.6 is 24.0 Å². The Bertz CT molecular complexity index is 464. The zero-order valence-electron chi connectivity index (χ0n) is 12.4. The van der Waals surface area contributed by atoms with Gasteiger partial charge in [0.15, 0.2) is 5.96 Å². The number of rotatable bonds is 5. The highest BCUT2D eigenvalue weighted by atomic mass is 127. The SMILES string of the molecule is I.NC(=NCC(O)COc1ccc(F)cc1)N1CCCCC1. The summed E-state index contributed by atoms with van der Waals surface area (Å²) in [4.78, 5) is 6.24. The largest absolute Gasteiger partial charge is 0.491 e. The Kier molecular flexibility index (Phi) is 8.47. The second kappa shape index (κ2) is 9.83. The molecule has 0 spiro atoms. The number of halogens is 2. The number of aliphatic hydroxyl groups is 1. The van der Waals surface area contributed by atoms with E-state index in [0.29, 0.717) is 11.7 Å². The summed E-state index contributed by atoms with van der Waals surface area (Å²) in [5.41, 5.74) is 5.90.